The molecule has 4 nitrogen and oxygen atoms in total. The van der Waals surface area contributed by atoms with Crippen LogP contribution in [0.15, 0.2) is 11.4 Å². The van der Waals surface area contributed by atoms with Gasteiger partial charge in [0.15, 0.2) is 5.01 Å². The minimum absolute atomic E-state index is 0.750. The number of thiophene rings is 1. The van der Waals surface area contributed by atoms with Crippen molar-refractivity contribution in [3.8, 4) is 9.88 Å². The van der Waals surface area contributed by atoms with Gasteiger partial charge in [0.25, 0.3) is 0 Å². The molecule has 0 radical (unpaired) electrons. The van der Waals surface area contributed by atoms with Crippen molar-refractivity contribution in [2.24, 2.45) is 0 Å². The third-order valence-corrected chi connectivity index (χ3v) is 4.98. The molecule has 0 bridgehead atoms. The van der Waals surface area contributed by atoms with Gasteiger partial charge in [0.05, 0.1) is 16.5 Å². The Bertz CT molecular complexity index is 501. The predicted molar refractivity (Wildman–Crippen MR) is 81.3 cm³/mol. The number of hydrogen-bond donors (Lipinski definition) is 1. The van der Waals surface area contributed by atoms with Crippen molar-refractivity contribution >= 4 is 34.3 Å². The lowest BCUT2D eigenvalue weighted by molar-refractivity contribution is 0.199. The van der Waals surface area contributed by atoms with Gasteiger partial charge in [-0.05, 0) is 24.4 Å². The summed E-state index contributed by atoms with van der Waals surface area (Å²) in [7, 11) is 1.71. The van der Waals surface area contributed by atoms with Crippen LogP contribution in [0, 0.1) is 0 Å². The second-order valence-corrected chi connectivity index (χ2v) is 6.33. The van der Waals surface area contributed by atoms with Crippen LogP contribution in [-0.2, 0) is 11.2 Å². The number of methoxy groups -OCH3 is 1. The Kier molecular flexibility index (Phi) is 6.19. The standard InChI is InChI=1S/C12H16ClN3OS2/c1-17-7-6-14-5-2-3-10-15-16-12(19-10)11-9(13)4-8-18-11/h4,8,14H,2-3,5-7H2,1H3. The summed E-state index contributed by atoms with van der Waals surface area (Å²) in [6, 6.07) is 1.89. The zero-order valence-electron chi connectivity index (χ0n) is 10.7. The van der Waals surface area contributed by atoms with Crippen molar-refractivity contribution in [1.82, 2.24) is 15.5 Å². The van der Waals surface area contributed by atoms with Crippen LogP contribution < -0.4 is 5.32 Å². The van der Waals surface area contributed by atoms with Crippen LogP contribution in [0.3, 0.4) is 0 Å². The highest BCUT2D eigenvalue weighted by Crippen LogP contribution is 2.34. The molecular formula is C12H16ClN3OS2. The van der Waals surface area contributed by atoms with Gasteiger partial charge in [0.1, 0.15) is 5.01 Å². The van der Waals surface area contributed by atoms with E-state index in [0.717, 1.165) is 52.5 Å². The number of nitrogens with zero attached hydrogens (tertiary/aromatic N) is 2. The van der Waals surface area contributed by atoms with Crippen LogP contribution in [0.1, 0.15) is 11.4 Å². The number of ether oxygens (including phenoxy) is 1. The van der Waals surface area contributed by atoms with Crippen LogP contribution in [0.4, 0.5) is 0 Å². The Balaban J connectivity index is 1.77. The Morgan fingerprint density at radius 1 is 1.37 bits per heavy atom. The van der Waals surface area contributed by atoms with Crippen LogP contribution in [0.5, 0.6) is 0 Å². The van der Waals surface area contributed by atoms with E-state index in [1.165, 1.54) is 0 Å². The zero-order valence-corrected chi connectivity index (χ0v) is 13.1. The van der Waals surface area contributed by atoms with Crippen molar-refractivity contribution < 1.29 is 4.74 Å². The molecule has 0 spiro atoms. The lowest BCUT2D eigenvalue weighted by Gasteiger charge is -2.01. The summed E-state index contributed by atoms with van der Waals surface area (Å²) in [5.74, 6) is 0. The minimum Gasteiger partial charge on any atom is -0.383 e. The smallest absolute Gasteiger partial charge is 0.159 e. The highest BCUT2D eigenvalue weighted by molar-refractivity contribution is 7.21. The molecule has 0 fully saturated rings. The molecule has 0 atom stereocenters. The summed E-state index contributed by atoms with van der Waals surface area (Å²) in [4.78, 5) is 1.02. The van der Waals surface area contributed by atoms with Gasteiger partial charge in [-0.3, -0.25) is 0 Å². The maximum absolute atomic E-state index is 6.09. The molecule has 0 aliphatic carbocycles. The third kappa shape index (κ3) is 4.50. The van der Waals surface area contributed by atoms with E-state index in [1.54, 1.807) is 29.8 Å². The van der Waals surface area contributed by atoms with E-state index in [-0.39, 0.29) is 0 Å². The van der Waals surface area contributed by atoms with Crippen molar-refractivity contribution in [3.63, 3.8) is 0 Å². The van der Waals surface area contributed by atoms with Crippen LogP contribution in [0.2, 0.25) is 5.02 Å². The van der Waals surface area contributed by atoms with Gasteiger partial charge in [0.2, 0.25) is 0 Å². The average molecular weight is 318 g/mol. The number of nitrogens with one attached hydrogen (secondary N) is 1. The maximum atomic E-state index is 6.09. The molecule has 7 heteroatoms. The fourth-order valence-electron chi connectivity index (χ4n) is 1.56. The monoisotopic (exact) mass is 317 g/mol. The van der Waals surface area contributed by atoms with Crippen molar-refractivity contribution in [2.75, 3.05) is 26.8 Å². The highest BCUT2D eigenvalue weighted by Gasteiger charge is 2.11. The molecule has 0 aliphatic rings. The average Bonchev–Trinajstić information content (AvgIpc) is 3.02. The van der Waals surface area contributed by atoms with Gasteiger partial charge in [-0.25, -0.2) is 0 Å². The molecule has 2 aromatic rings. The largest absolute Gasteiger partial charge is 0.383 e. The van der Waals surface area contributed by atoms with Gasteiger partial charge >= 0.3 is 0 Å². The molecule has 104 valence electrons. The van der Waals surface area contributed by atoms with E-state index < -0.39 is 0 Å². The lowest BCUT2D eigenvalue weighted by Crippen LogP contribution is -2.20. The first-order valence-corrected chi connectivity index (χ1v) is 8.14. The summed E-state index contributed by atoms with van der Waals surface area (Å²) in [6.45, 7) is 2.61. The van der Waals surface area contributed by atoms with E-state index in [2.05, 4.69) is 15.5 Å². The first-order valence-electron chi connectivity index (χ1n) is 6.06. The van der Waals surface area contributed by atoms with Crippen LogP contribution in [-0.4, -0.2) is 37.0 Å². The van der Waals surface area contributed by atoms with Gasteiger partial charge in [-0.1, -0.05) is 22.9 Å². The summed E-state index contributed by atoms with van der Waals surface area (Å²) >= 11 is 9.31. The molecule has 2 aromatic heterocycles. The number of halogens is 1. The molecule has 0 saturated heterocycles. The molecule has 2 rings (SSSR count). The van der Waals surface area contributed by atoms with Crippen molar-refractivity contribution in [3.05, 3.63) is 21.5 Å². The second kappa shape index (κ2) is 7.91. The minimum atomic E-state index is 0.750. The molecule has 0 aliphatic heterocycles. The fraction of sp³-hybridized carbons (Fsp3) is 0.500. The van der Waals surface area contributed by atoms with E-state index >= 15 is 0 Å². The molecule has 2 heterocycles. The first kappa shape index (κ1) is 14.9. The Morgan fingerprint density at radius 3 is 3.00 bits per heavy atom. The molecular weight excluding hydrogens is 302 g/mol. The SMILES string of the molecule is COCCNCCCc1nnc(-c2sccc2Cl)s1. The number of rotatable bonds is 8. The Morgan fingerprint density at radius 2 is 2.26 bits per heavy atom. The topological polar surface area (TPSA) is 47.0 Å². The molecule has 0 unspecified atom stereocenters. The summed E-state index contributed by atoms with van der Waals surface area (Å²) in [6.07, 6.45) is 2.00. The quantitative estimate of drug-likeness (QED) is 0.760. The molecule has 0 aromatic carbocycles. The second-order valence-electron chi connectivity index (χ2n) is 3.94. The third-order valence-electron chi connectivity index (χ3n) is 2.51. The van der Waals surface area contributed by atoms with Gasteiger partial charge in [-0.2, -0.15) is 0 Å². The van der Waals surface area contributed by atoms with Crippen LogP contribution in [0.25, 0.3) is 9.88 Å². The predicted octanol–water partition coefficient (Wildman–Crippen LogP) is 3.09. The highest BCUT2D eigenvalue weighted by atomic mass is 35.5. The van der Waals surface area contributed by atoms with Crippen LogP contribution >= 0.6 is 34.3 Å². The summed E-state index contributed by atoms with van der Waals surface area (Å²) < 4.78 is 4.97. The summed E-state index contributed by atoms with van der Waals surface area (Å²) in [5.41, 5.74) is 0. The molecule has 0 saturated carbocycles. The number of aryl methyl sites for hydroxylation is 1. The lowest BCUT2D eigenvalue weighted by atomic mass is 10.3. The van der Waals surface area contributed by atoms with E-state index in [9.17, 15) is 0 Å². The number of hydrogen-bond acceptors (Lipinski definition) is 6. The number of aromatic nitrogens is 2. The van der Waals surface area contributed by atoms with Gasteiger partial charge in [-0.15, -0.1) is 21.5 Å². The molecule has 1 N–H and O–H groups in total. The van der Waals surface area contributed by atoms with Crippen molar-refractivity contribution in [2.45, 2.75) is 12.8 Å². The van der Waals surface area contributed by atoms with E-state index in [4.69, 9.17) is 16.3 Å². The molecule has 0 amide bonds. The van der Waals surface area contributed by atoms with Gasteiger partial charge in [0, 0.05) is 20.1 Å². The van der Waals surface area contributed by atoms with E-state index in [1.807, 2.05) is 11.4 Å². The Hall–Kier alpha value is -0.530. The summed E-state index contributed by atoms with van der Waals surface area (Å²) in [5, 5.41) is 16.4. The first-order chi connectivity index (χ1) is 9.31. The van der Waals surface area contributed by atoms with Gasteiger partial charge < -0.3 is 10.1 Å². The van der Waals surface area contributed by atoms with E-state index in [0.29, 0.717) is 0 Å². The maximum Gasteiger partial charge on any atom is 0.159 e. The Labute approximate surface area is 125 Å². The fourth-order valence-corrected chi connectivity index (χ4v) is 3.74. The van der Waals surface area contributed by atoms with Crippen molar-refractivity contribution in [1.29, 1.82) is 0 Å². The molecule has 19 heavy (non-hydrogen) atoms. The normalized spacial score (nSPS) is 11.1. The zero-order chi connectivity index (χ0) is 13.5.